The van der Waals surface area contributed by atoms with E-state index in [0.717, 1.165) is 25.7 Å². The maximum absolute atomic E-state index is 5.89. The zero-order valence-electron chi connectivity index (χ0n) is 10.3. The number of nitrogens with one attached hydrogen (secondary N) is 1. The van der Waals surface area contributed by atoms with Crippen LogP contribution in [0.1, 0.15) is 26.7 Å². The van der Waals surface area contributed by atoms with Gasteiger partial charge in [0.25, 0.3) is 0 Å². The second-order valence-electron chi connectivity index (χ2n) is 4.91. The minimum absolute atomic E-state index is 0.555. The Kier molecular flexibility index (Phi) is 5.58. The van der Waals surface area contributed by atoms with E-state index < -0.39 is 0 Å². The van der Waals surface area contributed by atoms with Crippen molar-refractivity contribution in [2.75, 3.05) is 26.8 Å². The van der Waals surface area contributed by atoms with Gasteiger partial charge in [-0.2, -0.15) is 0 Å². The van der Waals surface area contributed by atoms with Crippen LogP contribution < -0.4 is 11.1 Å². The number of ether oxygens (including phenoxy) is 1. The first-order chi connectivity index (χ1) is 7.20. The molecule has 1 aliphatic heterocycles. The summed E-state index contributed by atoms with van der Waals surface area (Å²) in [6, 6.07) is 0.555. The first-order valence-corrected chi connectivity index (χ1v) is 6.15. The molecule has 0 bridgehead atoms. The molecular weight excluding hydrogens is 188 g/mol. The molecule has 0 aliphatic carbocycles. The lowest BCUT2D eigenvalue weighted by Crippen LogP contribution is -2.47. The Hall–Kier alpha value is -0.120. The van der Waals surface area contributed by atoms with Crippen LogP contribution in [0.25, 0.3) is 0 Å². The van der Waals surface area contributed by atoms with Crippen molar-refractivity contribution in [2.24, 2.45) is 23.5 Å². The van der Waals surface area contributed by atoms with Crippen LogP contribution in [0.5, 0.6) is 0 Å². The maximum Gasteiger partial charge on any atom is 0.0469 e. The summed E-state index contributed by atoms with van der Waals surface area (Å²) in [7, 11) is 2.06. The molecule has 0 spiro atoms. The minimum atomic E-state index is 0.555. The van der Waals surface area contributed by atoms with E-state index in [-0.39, 0.29) is 0 Å². The van der Waals surface area contributed by atoms with E-state index in [2.05, 4.69) is 26.2 Å². The highest BCUT2D eigenvalue weighted by molar-refractivity contribution is 4.85. The summed E-state index contributed by atoms with van der Waals surface area (Å²) in [5.74, 6) is 1.97. The average molecular weight is 214 g/mol. The van der Waals surface area contributed by atoms with Crippen molar-refractivity contribution in [1.29, 1.82) is 0 Å². The van der Waals surface area contributed by atoms with Crippen molar-refractivity contribution in [3.8, 4) is 0 Å². The molecule has 3 nitrogen and oxygen atoms in total. The van der Waals surface area contributed by atoms with Crippen LogP contribution in [0, 0.1) is 17.8 Å². The molecule has 3 N–H and O–H groups in total. The lowest BCUT2D eigenvalue weighted by Gasteiger charge is -2.37. The standard InChI is InChI=1S/C12H26N2O/c1-9(2)11(8-13)12(14-3)10-4-6-15-7-5-10/h9-12,14H,4-8,13H2,1-3H3. The molecule has 1 heterocycles. The van der Waals surface area contributed by atoms with Gasteiger partial charge in [-0.05, 0) is 44.2 Å². The molecule has 1 saturated heterocycles. The normalized spacial score (nSPS) is 23.0. The van der Waals surface area contributed by atoms with E-state index in [1.807, 2.05) is 0 Å². The molecule has 0 radical (unpaired) electrons. The molecule has 1 rings (SSSR count). The summed E-state index contributed by atoms with van der Waals surface area (Å²) in [5, 5.41) is 3.47. The van der Waals surface area contributed by atoms with Crippen LogP contribution >= 0.6 is 0 Å². The van der Waals surface area contributed by atoms with Crippen molar-refractivity contribution in [3.05, 3.63) is 0 Å². The molecule has 90 valence electrons. The van der Waals surface area contributed by atoms with Crippen LogP contribution in [0.2, 0.25) is 0 Å². The Labute approximate surface area is 93.8 Å². The summed E-state index contributed by atoms with van der Waals surface area (Å²) in [6.07, 6.45) is 2.35. The molecule has 2 atom stereocenters. The molecule has 0 aromatic rings. The molecule has 2 unspecified atom stereocenters. The number of hydrogen-bond acceptors (Lipinski definition) is 3. The smallest absolute Gasteiger partial charge is 0.0469 e. The van der Waals surface area contributed by atoms with E-state index in [0.29, 0.717) is 17.9 Å². The average Bonchev–Trinajstić information content (AvgIpc) is 2.26. The summed E-state index contributed by atoms with van der Waals surface area (Å²) < 4.78 is 5.41. The van der Waals surface area contributed by atoms with Gasteiger partial charge in [0.15, 0.2) is 0 Å². The summed E-state index contributed by atoms with van der Waals surface area (Å²) in [5.41, 5.74) is 5.89. The van der Waals surface area contributed by atoms with Crippen molar-refractivity contribution in [3.63, 3.8) is 0 Å². The Bertz CT molecular complexity index is 167. The van der Waals surface area contributed by atoms with Gasteiger partial charge in [0.1, 0.15) is 0 Å². The van der Waals surface area contributed by atoms with Crippen LogP contribution in [-0.4, -0.2) is 32.8 Å². The molecule has 0 amide bonds. The third-order valence-electron chi connectivity index (χ3n) is 3.70. The first kappa shape index (κ1) is 12.9. The molecule has 0 aromatic carbocycles. The largest absolute Gasteiger partial charge is 0.381 e. The second-order valence-corrected chi connectivity index (χ2v) is 4.91. The maximum atomic E-state index is 5.89. The summed E-state index contributed by atoms with van der Waals surface area (Å²) in [4.78, 5) is 0. The lowest BCUT2D eigenvalue weighted by molar-refractivity contribution is 0.0420. The monoisotopic (exact) mass is 214 g/mol. The third kappa shape index (κ3) is 3.44. The Morgan fingerprint density at radius 2 is 1.93 bits per heavy atom. The van der Waals surface area contributed by atoms with Crippen LogP contribution in [-0.2, 0) is 4.74 Å². The van der Waals surface area contributed by atoms with Crippen LogP contribution in [0.15, 0.2) is 0 Å². The zero-order valence-corrected chi connectivity index (χ0v) is 10.3. The fraction of sp³-hybridized carbons (Fsp3) is 1.00. The topological polar surface area (TPSA) is 47.3 Å². The van der Waals surface area contributed by atoms with Gasteiger partial charge in [0, 0.05) is 19.3 Å². The molecular formula is C12H26N2O. The van der Waals surface area contributed by atoms with Gasteiger partial charge in [0.05, 0.1) is 0 Å². The molecule has 3 heteroatoms. The summed E-state index contributed by atoms with van der Waals surface area (Å²) >= 11 is 0. The van der Waals surface area contributed by atoms with Gasteiger partial charge in [0.2, 0.25) is 0 Å². The number of nitrogens with two attached hydrogens (primary N) is 1. The van der Waals surface area contributed by atoms with Gasteiger partial charge < -0.3 is 15.8 Å². The number of hydrogen-bond donors (Lipinski definition) is 2. The minimum Gasteiger partial charge on any atom is -0.381 e. The van der Waals surface area contributed by atoms with Gasteiger partial charge in [-0.25, -0.2) is 0 Å². The highest BCUT2D eigenvalue weighted by Crippen LogP contribution is 2.26. The first-order valence-electron chi connectivity index (χ1n) is 6.15. The van der Waals surface area contributed by atoms with Crippen LogP contribution in [0.3, 0.4) is 0 Å². The third-order valence-corrected chi connectivity index (χ3v) is 3.70. The lowest BCUT2D eigenvalue weighted by atomic mass is 9.78. The van der Waals surface area contributed by atoms with E-state index in [9.17, 15) is 0 Å². The molecule has 15 heavy (non-hydrogen) atoms. The van der Waals surface area contributed by atoms with Gasteiger partial charge in [-0.3, -0.25) is 0 Å². The van der Waals surface area contributed by atoms with Crippen molar-refractivity contribution in [2.45, 2.75) is 32.7 Å². The summed E-state index contributed by atoms with van der Waals surface area (Å²) in [6.45, 7) is 7.14. The number of rotatable bonds is 5. The van der Waals surface area contributed by atoms with Gasteiger partial charge in [-0.15, -0.1) is 0 Å². The van der Waals surface area contributed by atoms with Gasteiger partial charge in [-0.1, -0.05) is 13.8 Å². The fourth-order valence-electron chi connectivity index (χ4n) is 2.71. The Balaban J connectivity index is 2.58. The van der Waals surface area contributed by atoms with E-state index in [4.69, 9.17) is 10.5 Å². The fourth-order valence-corrected chi connectivity index (χ4v) is 2.71. The van der Waals surface area contributed by atoms with Gasteiger partial charge >= 0.3 is 0 Å². The highest BCUT2D eigenvalue weighted by atomic mass is 16.5. The Morgan fingerprint density at radius 3 is 2.33 bits per heavy atom. The highest BCUT2D eigenvalue weighted by Gasteiger charge is 2.30. The van der Waals surface area contributed by atoms with Crippen molar-refractivity contribution in [1.82, 2.24) is 5.32 Å². The molecule has 0 aromatic heterocycles. The van der Waals surface area contributed by atoms with E-state index >= 15 is 0 Å². The predicted molar refractivity (Wildman–Crippen MR) is 63.8 cm³/mol. The van der Waals surface area contributed by atoms with Crippen molar-refractivity contribution < 1.29 is 4.74 Å². The van der Waals surface area contributed by atoms with E-state index in [1.165, 1.54) is 12.8 Å². The molecule has 1 fully saturated rings. The zero-order chi connectivity index (χ0) is 11.3. The molecule has 1 aliphatic rings. The van der Waals surface area contributed by atoms with E-state index in [1.54, 1.807) is 0 Å². The predicted octanol–water partition coefficient (Wildman–Crippen LogP) is 1.23. The SMILES string of the molecule is CNC(C1CCOCC1)C(CN)C(C)C. The second kappa shape index (κ2) is 6.46. The quantitative estimate of drug-likeness (QED) is 0.723. The Morgan fingerprint density at radius 1 is 1.33 bits per heavy atom. The van der Waals surface area contributed by atoms with Crippen molar-refractivity contribution >= 4 is 0 Å². The van der Waals surface area contributed by atoms with Crippen LogP contribution in [0.4, 0.5) is 0 Å². The molecule has 0 saturated carbocycles.